The lowest BCUT2D eigenvalue weighted by atomic mass is 10.3. The van der Waals surface area contributed by atoms with E-state index < -0.39 is 0 Å². The van der Waals surface area contributed by atoms with Crippen LogP contribution in [-0.4, -0.2) is 24.8 Å². The first-order valence-electron chi connectivity index (χ1n) is 7.74. The summed E-state index contributed by atoms with van der Waals surface area (Å²) >= 11 is 0. The summed E-state index contributed by atoms with van der Waals surface area (Å²) in [6.45, 7) is 9.28. The van der Waals surface area contributed by atoms with Crippen LogP contribution in [-0.2, 0) is 13.2 Å². The number of hydrogen-bond donors (Lipinski definition) is 0. The first-order chi connectivity index (χ1) is 11.1. The zero-order chi connectivity index (χ0) is 16.4. The van der Waals surface area contributed by atoms with E-state index in [-0.39, 0.29) is 0 Å². The zero-order valence-electron chi connectivity index (χ0n) is 13.9. The molecular formula is C17H21N5O. The van der Waals surface area contributed by atoms with Crippen molar-refractivity contribution >= 4 is 0 Å². The number of aromatic nitrogens is 5. The maximum Gasteiger partial charge on any atom is 0.132 e. The number of rotatable bonds is 5. The van der Waals surface area contributed by atoms with Crippen LogP contribution in [0, 0.1) is 20.8 Å². The molecule has 0 amide bonds. The molecule has 0 unspecified atom stereocenters. The van der Waals surface area contributed by atoms with Crippen molar-refractivity contribution in [1.29, 1.82) is 0 Å². The van der Waals surface area contributed by atoms with Gasteiger partial charge >= 0.3 is 0 Å². The minimum Gasteiger partial charge on any atom is -0.487 e. The van der Waals surface area contributed by atoms with Crippen molar-refractivity contribution in [2.24, 2.45) is 0 Å². The molecule has 0 spiro atoms. The molecule has 0 fully saturated rings. The van der Waals surface area contributed by atoms with Crippen molar-refractivity contribution in [2.45, 2.75) is 40.8 Å². The van der Waals surface area contributed by atoms with Gasteiger partial charge in [0.25, 0.3) is 0 Å². The molecule has 0 aliphatic rings. The average molecular weight is 311 g/mol. The summed E-state index contributed by atoms with van der Waals surface area (Å²) in [5, 5.41) is 12.7. The molecule has 1 aromatic carbocycles. The van der Waals surface area contributed by atoms with Gasteiger partial charge in [-0.3, -0.25) is 0 Å². The van der Waals surface area contributed by atoms with Gasteiger partial charge in [-0.25, -0.2) is 9.36 Å². The monoisotopic (exact) mass is 311 g/mol. The van der Waals surface area contributed by atoms with E-state index in [0.29, 0.717) is 6.61 Å². The highest BCUT2D eigenvalue weighted by atomic mass is 16.5. The van der Waals surface area contributed by atoms with Crippen LogP contribution < -0.4 is 4.74 Å². The van der Waals surface area contributed by atoms with Gasteiger partial charge in [-0.15, -0.1) is 5.10 Å². The Morgan fingerprint density at radius 1 is 1.09 bits per heavy atom. The second kappa shape index (κ2) is 6.24. The number of hydrogen-bond acceptors (Lipinski definition) is 4. The van der Waals surface area contributed by atoms with E-state index in [1.165, 1.54) is 0 Å². The third-order valence-electron chi connectivity index (χ3n) is 3.80. The predicted molar refractivity (Wildman–Crippen MR) is 87.8 cm³/mol. The minimum absolute atomic E-state index is 0.464. The third kappa shape index (κ3) is 3.11. The van der Waals surface area contributed by atoms with Gasteiger partial charge in [0.2, 0.25) is 0 Å². The average Bonchev–Trinajstić information content (AvgIpc) is 3.07. The number of nitrogens with zero attached hydrogens (tertiary/aromatic N) is 5. The number of ether oxygens (including phenoxy) is 1. The Morgan fingerprint density at radius 2 is 1.83 bits per heavy atom. The largest absolute Gasteiger partial charge is 0.487 e. The van der Waals surface area contributed by atoms with Gasteiger partial charge in [0.1, 0.15) is 12.4 Å². The van der Waals surface area contributed by atoms with Crippen molar-refractivity contribution in [3.05, 3.63) is 53.1 Å². The van der Waals surface area contributed by atoms with Gasteiger partial charge in [0, 0.05) is 12.2 Å². The van der Waals surface area contributed by atoms with Crippen LogP contribution in [0.15, 0.2) is 30.3 Å². The van der Waals surface area contributed by atoms with E-state index >= 15 is 0 Å². The summed E-state index contributed by atoms with van der Waals surface area (Å²) in [7, 11) is 0. The SMILES string of the molecule is CCn1nnc(C)c1COc1ccc(-n2nc(C)cc2C)cc1. The fraction of sp³-hybridized carbons (Fsp3) is 0.353. The van der Waals surface area contributed by atoms with Crippen molar-refractivity contribution in [1.82, 2.24) is 24.8 Å². The lowest BCUT2D eigenvalue weighted by molar-refractivity contribution is 0.291. The van der Waals surface area contributed by atoms with Crippen LogP contribution in [0.25, 0.3) is 5.69 Å². The molecule has 0 saturated heterocycles. The standard InChI is InChI=1S/C17H21N5O/c1-5-21-17(14(4)18-20-21)11-23-16-8-6-15(7-9-16)22-13(3)10-12(2)19-22/h6-10H,5,11H2,1-4H3. The van der Waals surface area contributed by atoms with Crippen molar-refractivity contribution in [3.8, 4) is 11.4 Å². The highest BCUT2D eigenvalue weighted by Gasteiger charge is 2.09. The maximum atomic E-state index is 5.87. The Kier molecular flexibility index (Phi) is 4.14. The fourth-order valence-corrected chi connectivity index (χ4v) is 2.58. The first kappa shape index (κ1) is 15.3. The van der Waals surface area contributed by atoms with Gasteiger partial charge < -0.3 is 4.74 Å². The molecule has 6 nitrogen and oxygen atoms in total. The summed E-state index contributed by atoms with van der Waals surface area (Å²) in [6.07, 6.45) is 0. The Morgan fingerprint density at radius 3 is 2.43 bits per heavy atom. The van der Waals surface area contributed by atoms with Gasteiger partial charge in [0.05, 0.1) is 22.8 Å². The fourth-order valence-electron chi connectivity index (χ4n) is 2.58. The van der Waals surface area contributed by atoms with E-state index in [2.05, 4.69) is 21.5 Å². The molecule has 3 rings (SSSR count). The van der Waals surface area contributed by atoms with Gasteiger partial charge in [0.15, 0.2) is 0 Å². The minimum atomic E-state index is 0.464. The molecule has 2 heterocycles. The molecular weight excluding hydrogens is 290 g/mol. The Labute approximate surface area is 135 Å². The van der Waals surface area contributed by atoms with Crippen LogP contribution in [0.3, 0.4) is 0 Å². The van der Waals surface area contributed by atoms with Gasteiger partial charge in [-0.1, -0.05) is 5.21 Å². The lowest BCUT2D eigenvalue weighted by Gasteiger charge is -2.09. The Balaban J connectivity index is 1.73. The van der Waals surface area contributed by atoms with Gasteiger partial charge in [-0.2, -0.15) is 5.10 Å². The third-order valence-corrected chi connectivity index (χ3v) is 3.80. The van der Waals surface area contributed by atoms with Gasteiger partial charge in [-0.05, 0) is 58.0 Å². The molecule has 0 bridgehead atoms. The first-order valence-corrected chi connectivity index (χ1v) is 7.74. The van der Waals surface area contributed by atoms with Crippen LogP contribution in [0.4, 0.5) is 0 Å². The second-order valence-corrected chi connectivity index (χ2v) is 5.56. The molecule has 23 heavy (non-hydrogen) atoms. The van der Waals surface area contributed by atoms with E-state index in [0.717, 1.165) is 40.8 Å². The molecule has 0 N–H and O–H groups in total. The molecule has 2 aromatic heterocycles. The maximum absolute atomic E-state index is 5.87. The van der Waals surface area contributed by atoms with Crippen LogP contribution in [0.1, 0.15) is 29.7 Å². The van der Waals surface area contributed by atoms with Crippen LogP contribution >= 0.6 is 0 Å². The summed E-state index contributed by atoms with van der Waals surface area (Å²) in [5.41, 5.74) is 5.07. The topological polar surface area (TPSA) is 57.8 Å². The molecule has 3 aromatic rings. The van der Waals surface area contributed by atoms with E-state index in [1.807, 2.05) is 61.3 Å². The van der Waals surface area contributed by atoms with Crippen LogP contribution in [0.5, 0.6) is 5.75 Å². The Bertz CT molecular complexity index is 801. The van der Waals surface area contributed by atoms with E-state index in [1.54, 1.807) is 0 Å². The molecule has 0 radical (unpaired) electrons. The molecule has 0 aliphatic heterocycles. The number of benzene rings is 1. The van der Waals surface area contributed by atoms with Crippen molar-refractivity contribution < 1.29 is 4.74 Å². The molecule has 120 valence electrons. The molecule has 0 aliphatic carbocycles. The zero-order valence-corrected chi connectivity index (χ0v) is 13.9. The summed E-state index contributed by atoms with van der Waals surface area (Å²) in [5.74, 6) is 0.818. The molecule has 0 atom stereocenters. The van der Waals surface area contributed by atoms with Crippen LogP contribution in [0.2, 0.25) is 0 Å². The van der Waals surface area contributed by atoms with Crippen molar-refractivity contribution in [3.63, 3.8) is 0 Å². The predicted octanol–water partition coefficient (Wildman–Crippen LogP) is 2.99. The Hall–Kier alpha value is -2.63. The summed E-state index contributed by atoms with van der Waals surface area (Å²) < 4.78 is 9.66. The summed E-state index contributed by atoms with van der Waals surface area (Å²) in [6, 6.07) is 10.0. The lowest BCUT2D eigenvalue weighted by Crippen LogP contribution is -2.07. The molecule has 6 heteroatoms. The number of aryl methyl sites for hydroxylation is 4. The second-order valence-electron chi connectivity index (χ2n) is 5.56. The van der Waals surface area contributed by atoms with Crippen molar-refractivity contribution in [2.75, 3.05) is 0 Å². The highest BCUT2D eigenvalue weighted by Crippen LogP contribution is 2.18. The smallest absolute Gasteiger partial charge is 0.132 e. The summed E-state index contributed by atoms with van der Waals surface area (Å²) in [4.78, 5) is 0. The quantitative estimate of drug-likeness (QED) is 0.727. The normalized spacial score (nSPS) is 11.0. The van der Waals surface area contributed by atoms with E-state index in [9.17, 15) is 0 Å². The molecule has 0 saturated carbocycles. The van der Waals surface area contributed by atoms with E-state index in [4.69, 9.17) is 4.74 Å². The highest BCUT2D eigenvalue weighted by molar-refractivity contribution is 5.38.